The van der Waals surface area contributed by atoms with E-state index in [0.29, 0.717) is 12.1 Å². The molecule has 0 aliphatic rings. The number of anilines is 3. The van der Waals surface area contributed by atoms with Crippen LogP contribution in [0.3, 0.4) is 0 Å². The highest BCUT2D eigenvalue weighted by Gasteiger charge is 2.04. The van der Waals surface area contributed by atoms with Gasteiger partial charge < -0.3 is 10.6 Å². The molecule has 0 atom stereocenters. The maximum atomic E-state index is 12.0. The fourth-order valence-corrected chi connectivity index (χ4v) is 2.61. The molecule has 0 bridgehead atoms. The second-order valence-electron chi connectivity index (χ2n) is 5.60. The number of benzene rings is 2. The highest BCUT2D eigenvalue weighted by atomic mass is 79.9. The Balaban J connectivity index is 1.51. The molecule has 1 heterocycles. The number of aryl methyl sites for hydroxylation is 1. The topological polar surface area (TPSA) is 54.0 Å². The monoisotopic (exact) mass is 395 g/mol. The van der Waals surface area contributed by atoms with Gasteiger partial charge in [-0.05, 0) is 48.4 Å². The molecule has 3 aromatic rings. The summed E-state index contributed by atoms with van der Waals surface area (Å²) in [5, 5.41) is 6.09. The number of carbonyl (C=O) groups is 1. The van der Waals surface area contributed by atoms with Crippen molar-refractivity contribution in [1.82, 2.24) is 4.98 Å². The van der Waals surface area contributed by atoms with Crippen molar-refractivity contribution in [3.8, 4) is 0 Å². The lowest BCUT2D eigenvalue weighted by molar-refractivity contribution is -0.116. The number of halogens is 1. The molecule has 4 nitrogen and oxygen atoms in total. The Morgan fingerprint density at radius 3 is 2.32 bits per heavy atom. The van der Waals surface area contributed by atoms with Gasteiger partial charge in [0.25, 0.3) is 0 Å². The summed E-state index contributed by atoms with van der Waals surface area (Å²) >= 11 is 3.41. The third-order valence-electron chi connectivity index (χ3n) is 3.65. The summed E-state index contributed by atoms with van der Waals surface area (Å²) in [5.41, 5.74) is 2.81. The first kappa shape index (κ1) is 17.2. The van der Waals surface area contributed by atoms with E-state index in [0.717, 1.165) is 28.0 Å². The summed E-state index contributed by atoms with van der Waals surface area (Å²) in [4.78, 5) is 16.4. The molecule has 1 amide bonds. The van der Waals surface area contributed by atoms with Crippen LogP contribution >= 0.6 is 15.9 Å². The van der Waals surface area contributed by atoms with Gasteiger partial charge in [-0.15, -0.1) is 0 Å². The smallest absolute Gasteiger partial charge is 0.224 e. The Hall–Kier alpha value is -2.66. The molecule has 0 saturated carbocycles. The second kappa shape index (κ2) is 8.44. The number of hydrogen-bond acceptors (Lipinski definition) is 3. The first-order chi connectivity index (χ1) is 12.2. The van der Waals surface area contributed by atoms with Crippen LogP contribution in [0.1, 0.15) is 12.0 Å². The van der Waals surface area contributed by atoms with Crippen LogP contribution in [0, 0.1) is 0 Å². The van der Waals surface area contributed by atoms with Crippen LogP contribution < -0.4 is 10.6 Å². The molecule has 2 aromatic carbocycles. The maximum Gasteiger partial charge on any atom is 0.224 e. The second-order valence-corrected chi connectivity index (χ2v) is 6.51. The lowest BCUT2D eigenvalue weighted by Gasteiger charge is -2.08. The van der Waals surface area contributed by atoms with Gasteiger partial charge in [0.15, 0.2) is 0 Å². The van der Waals surface area contributed by atoms with Crippen molar-refractivity contribution in [2.45, 2.75) is 12.8 Å². The Kier molecular flexibility index (Phi) is 5.80. The summed E-state index contributed by atoms with van der Waals surface area (Å²) in [6, 6.07) is 21.5. The minimum Gasteiger partial charge on any atom is -0.340 e. The molecule has 2 N–H and O–H groups in total. The van der Waals surface area contributed by atoms with E-state index in [1.165, 1.54) is 0 Å². The average molecular weight is 396 g/mol. The lowest BCUT2D eigenvalue weighted by Crippen LogP contribution is -2.12. The predicted octanol–water partition coefficient (Wildman–Crippen LogP) is 5.16. The maximum absolute atomic E-state index is 12.0. The van der Waals surface area contributed by atoms with Gasteiger partial charge in [-0.2, -0.15) is 0 Å². The molecule has 0 unspecified atom stereocenters. The number of rotatable bonds is 6. The van der Waals surface area contributed by atoms with Gasteiger partial charge in [-0.25, -0.2) is 4.98 Å². The van der Waals surface area contributed by atoms with Gasteiger partial charge in [-0.1, -0.05) is 46.3 Å². The van der Waals surface area contributed by atoms with Crippen LogP contribution in [-0.4, -0.2) is 10.9 Å². The predicted molar refractivity (Wildman–Crippen MR) is 105 cm³/mol. The number of hydrogen-bond donors (Lipinski definition) is 2. The van der Waals surface area contributed by atoms with E-state index < -0.39 is 0 Å². The summed E-state index contributed by atoms with van der Waals surface area (Å²) < 4.78 is 1.03. The number of nitrogens with zero attached hydrogens (tertiary/aromatic N) is 1. The highest BCUT2D eigenvalue weighted by Crippen LogP contribution is 2.19. The van der Waals surface area contributed by atoms with Crippen LogP contribution in [0.4, 0.5) is 17.2 Å². The minimum atomic E-state index is -0.0146. The zero-order chi connectivity index (χ0) is 17.5. The van der Waals surface area contributed by atoms with Crippen LogP contribution in [0.2, 0.25) is 0 Å². The Bertz CT molecular complexity index is 818. The third kappa shape index (κ3) is 5.43. The van der Waals surface area contributed by atoms with E-state index in [2.05, 4.69) is 31.5 Å². The van der Waals surface area contributed by atoms with Crippen molar-refractivity contribution in [3.63, 3.8) is 0 Å². The average Bonchev–Trinajstić information content (AvgIpc) is 2.64. The van der Waals surface area contributed by atoms with Crippen LogP contribution in [-0.2, 0) is 11.2 Å². The Morgan fingerprint density at radius 1 is 0.920 bits per heavy atom. The fraction of sp³-hybridized carbons (Fsp3) is 0.100. The van der Waals surface area contributed by atoms with Crippen molar-refractivity contribution in [2.24, 2.45) is 0 Å². The molecule has 0 aliphatic heterocycles. The normalized spacial score (nSPS) is 10.3. The number of carbonyl (C=O) groups excluding carboxylic acids is 1. The molecular formula is C20H18BrN3O. The molecular weight excluding hydrogens is 378 g/mol. The van der Waals surface area contributed by atoms with Gasteiger partial charge in [0.1, 0.15) is 5.82 Å². The lowest BCUT2D eigenvalue weighted by atomic mass is 10.1. The minimum absolute atomic E-state index is 0.0146. The zero-order valence-corrected chi connectivity index (χ0v) is 15.2. The van der Waals surface area contributed by atoms with E-state index >= 15 is 0 Å². The van der Waals surface area contributed by atoms with E-state index in [9.17, 15) is 4.79 Å². The Morgan fingerprint density at radius 2 is 1.64 bits per heavy atom. The molecule has 0 saturated heterocycles. The van der Waals surface area contributed by atoms with E-state index in [1.807, 2.05) is 66.7 Å². The molecule has 0 aliphatic carbocycles. The third-order valence-corrected chi connectivity index (χ3v) is 4.18. The van der Waals surface area contributed by atoms with E-state index in [1.54, 1.807) is 6.20 Å². The van der Waals surface area contributed by atoms with Crippen molar-refractivity contribution in [3.05, 3.63) is 83.0 Å². The summed E-state index contributed by atoms with van der Waals surface area (Å²) in [7, 11) is 0. The molecule has 0 spiro atoms. The molecule has 126 valence electrons. The van der Waals surface area contributed by atoms with Gasteiger partial charge in [0, 0.05) is 16.6 Å². The van der Waals surface area contributed by atoms with Gasteiger partial charge in [0.05, 0.1) is 11.9 Å². The van der Waals surface area contributed by atoms with Gasteiger partial charge in [0.2, 0.25) is 5.91 Å². The standard InChI is InChI=1S/C20H18BrN3O/c21-16-7-9-17(10-8-16)23-19-12-11-18(14-22-19)24-20(25)13-6-15-4-2-1-3-5-15/h1-5,7-12,14H,6,13H2,(H,22,23)(H,24,25). The van der Waals surface area contributed by atoms with Crippen LogP contribution in [0.5, 0.6) is 0 Å². The quantitative estimate of drug-likeness (QED) is 0.605. The molecule has 1 aromatic heterocycles. The largest absolute Gasteiger partial charge is 0.340 e. The number of aromatic nitrogens is 1. The van der Waals surface area contributed by atoms with Crippen molar-refractivity contribution in [2.75, 3.05) is 10.6 Å². The number of amides is 1. The van der Waals surface area contributed by atoms with Crippen LogP contribution in [0.25, 0.3) is 0 Å². The SMILES string of the molecule is O=C(CCc1ccccc1)Nc1ccc(Nc2ccc(Br)cc2)nc1. The van der Waals surface area contributed by atoms with Crippen LogP contribution in [0.15, 0.2) is 77.4 Å². The Labute approximate surface area is 155 Å². The molecule has 25 heavy (non-hydrogen) atoms. The first-order valence-electron chi connectivity index (χ1n) is 8.01. The zero-order valence-electron chi connectivity index (χ0n) is 13.6. The summed E-state index contributed by atoms with van der Waals surface area (Å²) in [6.45, 7) is 0. The van der Waals surface area contributed by atoms with Gasteiger partial charge >= 0.3 is 0 Å². The van der Waals surface area contributed by atoms with Gasteiger partial charge in [-0.3, -0.25) is 4.79 Å². The fourth-order valence-electron chi connectivity index (χ4n) is 2.35. The van der Waals surface area contributed by atoms with E-state index in [-0.39, 0.29) is 5.91 Å². The molecule has 5 heteroatoms. The van der Waals surface area contributed by atoms with Crippen molar-refractivity contribution >= 4 is 39.0 Å². The van der Waals surface area contributed by atoms with Crippen molar-refractivity contribution in [1.29, 1.82) is 0 Å². The van der Waals surface area contributed by atoms with E-state index in [4.69, 9.17) is 0 Å². The number of pyridine rings is 1. The highest BCUT2D eigenvalue weighted by molar-refractivity contribution is 9.10. The molecule has 3 rings (SSSR count). The first-order valence-corrected chi connectivity index (χ1v) is 8.81. The molecule has 0 fully saturated rings. The summed E-state index contributed by atoms with van der Waals surface area (Å²) in [5.74, 6) is 0.712. The van der Waals surface area contributed by atoms with Crippen molar-refractivity contribution < 1.29 is 4.79 Å². The molecule has 0 radical (unpaired) electrons. The number of nitrogens with one attached hydrogen (secondary N) is 2. The summed E-state index contributed by atoms with van der Waals surface area (Å²) in [6.07, 6.45) is 2.83.